The second-order valence-corrected chi connectivity index (χ2v) is 7.01. The molecule has 0 unspecified atom stereocenters. The number of hydrogen-bond donors (Lipinski definition) is 0. The summed E-state index contributed by atoms with van der Waals surface area (Å²) in [6.45, 7) is 6.49. The third-order valence-electron chi connectivity index (χ3n) is 5.22. The standard InChI is InChI=1S/C19H28N2O/c1-4-5-6-7-19(22)21-17-9-8-14(2)12-15(17)16-13-20(3)11-10-18(16)21/h8-9,12,16,18H,4-7,10-11,13H2,1-3H3/t16-,18+/m0/s1. The molecule has 0 radical (unpaired) electrons. The van der Waals surface area contributed by atoms with Gasteiger partial charge in [-0.05, 0) is 45.0 Å². The minimum atomic E-state index is 0.329. The molecule has 0 aliphatic carbocycles. The Labute approximate surface area is 134 Å². The number of anilines is 1. The van der Waals surface area contributed by atoms with E-state index >= 15 is 0 Å². The predicted octanol–water partition coefficient (Wildman–Crippen LogP) is 3.71. The van der Waals surface area contributed by atoms with Crippen LogP contribution in [0.1, 0.15) is 56.1 Å². The number of benzene rings is 1. The van der Waals surface area contributed by atoms with Gasteiger partial charge in [0.2, 0.25) is 5.91 Å². The van der Waals surface area contributed by atoms with Gasteiger partial charge >= 0.3 is 0 Å². The SMILES string of the molecule is CCCCCC(=O)N1c2ccc(C)cc2[C@@H]2CN(C)CC[C@H]21. The molecule has 0 N–H and O–H groups in total. The van der Waals surface area contributed by atoms with Crippen LogP contribution < -0.4 is 4.90 Å². The van der Waals surface area contributed by atoms with Crippen molar-refractivity contribution in [2.75, 3.05) is 25.0 Å². The number of likely N-dealkylation sites (N-methyl/N-ethyl adjacent to an activating group) is 1. The topological polar surface area (TPSA) is 23.6 Å². The minimum Gasteiger partial charge on any atom is -0.308 e. The van der Waals surface area contributed by atoms with Crippen LogP contribution in [0.3, 0.4) is 0 Å². The first kappa shape index (κ1) is 15.5. The van der Waals surface area contributed by atoms with E-state index in [2.05, 4.69) is 48.9 Å². The molecule has 0 saturated carbocycles. The monoisotopic (exact) mass is 300 g/mol. The van der Waals surface area contributed by atoms with E-state index in [4.69, 9.17) is 0 Å². The Balaban J connectivity index is 1.88. The van der Waals surface area contributed by atoms with E-state index in [1.54, 1.807) is 0 Å². The largest absolute Gasteiger partial charge is 0.308 e. The maximum Gasteiger partial charge on any atom is 0.227 e. The molecule has 3 rings (SSSR count). The van der Waals surface area contributed by atoms with Crippen LogP contribution >= 0.6 is 0 Å². The fourth-order valence-electron chi connectivity index (χ4n) is 4.05. The summed E-state index contributed by atoms with van der Waals surface area (Å²) >= 11 is 0. The lowest BCUT2D eigenvalue weighted by molar-refractivity contribution is -0.119. The lowest BCUT2D eigenvalue weighted by Crippen LogP contribution is -2.47. The highest BCUT2D eigenvalue weighted by atomic mass is 16.2. The lowest BCUT2D eigenvalue weighted by atomic mass is 9.89. The number of nitrogens with zero attached hydrogens (tertiary/aromatic N) is 2. The summed E-state index contributed by atoms with van der Waals surface area (Å²) < 4.78 is 0. The average Bonchev–Trinajstić information content (AvgIpc) is 2.80. The number of amides is 1. The van der Waals surface area contributed by atoms with E-state index in [0.29, 0.717) is 24.3 Å². The molecule has 1 saturated heterocycles. The summed E-state index contributed by atoms with van der Waals surface area (Å²) in [5, 5.41) is 0. The second-order valence-electron chi connectivity index (χ2n) is 7.01. The van der Waals surface area contributed by atoms with Crippen LogP contribution in [0.15, 0.2) is 18.2 Å². The normalized spacial score (nSPS) is 24.2. The van der Waals surface area contributed by atoms with Gasteiger partial charge < -0.3 is 9.80 Å². The van der Waals surface area contributed by atoms with E-state index < -0.39 is 0 Å². The van der Waals surface area contributed by atoms with Crippen molar-refractivity contribution in [2.24, 2.45) is 0 Å². The van der Waals surface area contributed by atoms with Gasteiger partial charge in [0.25, 0.3) is 0 Å². The number of unbranched alkanes of at least 4 members (excludes halogenated alkanes) is 2. The van der Waals surface area contributed by atoms with Crippen LogP contribution in [0.4, 0.5) is 5.69 Å². The summed E-state index contributed by atoms with van der Waals surface area (Å²) in [4.78, 5) is 17.4. The summed E-state index contributed by atoms with van der Waals surface area (Å²) in [7, 11) is 2.19. The van der Waals surface area contributed by atoms with Crippen LogP contribution in [-0.4, -0.2) is 37.0 Å². The molecular weight excluding hydrogens is 272 g/mol. The van der Waals surface area contributed by atoms with Gasteiger partial charge in [-0.2, -0.15) is 0 Å². The van der Waals surface area contributed by atoms with E-state index in [1.807, 2.05) is 0 Å². The number of rotatable bonds is 4. The van der Waals surface area contributed by atoms with Crippen molar-refractivity contribution in [2.45, 2.75) is 57.9 Å². The van der Waals surface area contributed by atoms with Crippen molar-refractivity contribution >= 4 is 11.6 Å². The zero-order chi connectivity index (χ0) is 15.7. The van der Waals surface area contributed by atoms with Gasteiger partial charge in [-0.15, -0.1) is 0 Å². The van der Waals surface area contributed by atoms with Crippen molar-refractivity contribution in [3.63, 3.8) is 0 Å². The Kier molecular flexibility index (Phi) is 4.53. The lowest BCUT2D eigenvalue weighted by Gasteiger charge is -2.36. The average molecular weight is 300 g/mol. The van der Waals surface area contributed by atoms with Gasteiger partial charge in [-0.25, -0.2) is 0 Å². The Hall–Kier alpha value is -1.35. The Morgan fingerprint density at radius 1 is 1.32 bits per heavy atom. The molecule has 2 aliphatic rings. The first-order valence-electron chi connectivity index (χ1n) is 8.73. The first-order valence-corrected chi connectivity index (χ1v) is 8.73. The van der Waals surface area contributed by atoms with Gasteiger partial charge in [0.05, 0.1) is 0 Å². The molecule has 1 amide bonds. The third kappa shape index (κ3) is 2.79. The number of aryl methyl sites for hydroxylation is 1. The zero-order valence-corrected chi connectivity index (χ0v) is 14.1. The van der Waals surface area contributed by atoms with Gasteiger partial charge in [-0.1, -0.05) is 37.5 Å². The second kappa shape index (κ2) is 6.41. The molecule has 2 aliphatic heterocycles. The molecule has 0 bridgehead atoms. The number of carbonyl (C=O) groups excluding carboxylic acids is 1. The molecule has 3 heteroatoms. The molecule has 0 aromatic heterocycles. The maximum absolute atomic E-state index is 12.8. The number of piperidine rings is 1. The smallest absolute Gasteiger partial charge is 0.227 e. The van der Waals surface area contributed by atoms with E-state index in [-0.39, 0.29) is 0 Å². The third-order valence-corrected chi connectivity index (χ3v) is 5.22. The minimum absolute atomic E-state index is 0.329. The molecular formula is C19H28N2O. The first-order chi connectivity index (χ1) is 10.6. The van der Waals surface area contributed by atoms with Crippen LogP contribution in [-0.2, 0) is 4.79 Å². The summed E-state index contributed by atoms with van der Waals surface area (Å²) in [5.74, 6) is 0.819. The Morgan fingerprint density at radius 3 is 2.91 bits per heavy atom. The molecule has 3 nitrogen and oxygen atoms in total. The highest BCUT2D eigenvalue weighted by Crippen LogP contribution is 2.45. The number of hydrogen-bond acceptors (Lipinski definition) is 2. The van der Waals surface area contributed by atoms with E-state index in [0.717, 1.165) is 32.4 Å². The van der Waals surface area contributed by atoms with Gasteiger partial charge in [0, 0.05) is 30.6 Å². The van der Waals surface area contributed by atoms with Gasteiger partial charge in [0.1, 0.15) is 0 Å². The molecule has 1 fully saturated rings. The van der Waals surface area contributed by atoms with Crippen LogP contribution in [0.5, 0.6) is 0 Å². The van der Waals surface area contributed by atoms with Crippen LogP contribution in [0, 0.1) is 6.92 Å². The summed E-state index contributed by atoms with van der Waals surface area (Å²) in [6.07, 6.45) is 5.12. The molecule has 1 aromatic carbocycles. The Morgan fingerprint density at radius 2 is 2.14 bits per heavy atom. The molecule has 120 valence electrons. The fraction of sp³-hybridized carbons (Fsp3) is 0.632. The fourth-order valence-corrected chi connectivity index (χ4v) is 4.05. The summed E-state index contributed by atoms with van der Waals surface area (Å²) in [5.41, 5.74) is 3.86. The van der Waals surface area contributed by atoms with Crippen molar-refractivity contribution in [1.29, 1.82) is 0 Å². The van der Waals surface area contributed by atoms with Crippen molar-refractivity contribution in [3.8, 4) is 0 Å². The van der Waals surface area contributed by atoms with E-state index in [9.17, 15) is 4.79 Å². The molecule has 2 heterocycles. The van der Waals surface area contributed by atoms with Crippen molar-refractivity contribution in [1.82, 2.24) is 4.90 Å². The number of likely N-dealkylation sites (tertiary alicyclic amines) is 1. The van der Waals surface area contributed by atoms with Crippen molar-refractivity contribution < 1.29 is 4.79 Å². The zero-order valence-electron chi connectivity index (χ0n) is 14.1. The Bertz CT molecular complexity index is 554. The predicted molar refractivity (Wildman–Crippen MR) is 91.5 cm³/mol. The van der Waals surface area contributed by atoms with E-state index in [1.165, 1.54) is 23.2 Å². The maximum atomic E-state index is 12.8. The molecule has 22 heavy (non-hydrogen) atoms. The summed E-state index contributed by atoms with van der Waals surface area (Å²) in [6, 6.07) is 6.99. The molecule has 1 aromatic rings. The highest BCUT2D eigenvalue weighted by Gasteiger charge is 2.43. The number of carbonyl (C=O) groups is 1. The van der Waals surface area contributed by atoms with Gasteiger partial charge in [-0.3, -0.25) is 4.79 Å². The van der Waals surface area contributed by atoms with Gasteiger partial charge in [0.15, 0.2) is 0 Å². The van der Waals surface area contributed by atoms with Crippen LogP contribution in [0.2, 0.25) is 0 Å². The van der Waals surface area contributed by atoms with Crippen LogP contribution in [0.25, 0.3) is 0 Å². The highest BCUT2D eigenvalue weighted by molar-refractivity contribution is 5.96. The molecule has 2 atom stereocenters. The molecule has 0 spiro atoms. The van der Waals surface area contributed by atoms with Crippen molar-refractivity contribution in [3.05, 3.63) is 29.3 Å². The quantitative estimate of drug-likeness (QED) is 0.791. The number of fused-ring (bicyclic) bond motifs is 3.